The molecule has 0 saturated carbocycles. The predicted octanol–water partition coefficient (Wildman–Crippen LogP) is 2.24. The van der Waals surface area contributed by atoms with Crippen molar-refractivity contribution in [1.29, 1.82) is 0 Å². The minimum Gasteiger partial charge on any atom is -0.480 e. The van der Waals surface area contributed by atoms with Crippen LogP contribution >= 0.6 is 11.3 Å². The van der Waals surface area contributed by atoms with Gasteiger partial charge < -0.3 is 14.5 Å². The quantitative estimate of drug-likeness (QED) is 0.547. The molecule has 0 aliphatic carbocycles. The number of nitrogens with zero attached hydrogens (tertiary/aromatic N) is 3. The van der Waals surface area contributed by atoms with E-state index in [9.17, 15) is 34.8 Å². The van der Waals surface area contributed by atoms with Gasteiger partial charge in [-0.2, -0.15) is 13.2 Å². The van der Waals surface area contributed by atoms with Gasteiger partial charge in [-0.1, -0.05) is 11.3 Å². The van der Waals surface area contributed by atoms with Crippen molar-refractivity contribution in [1.82, 2.24) is 9.88 Å². The molecule has 188 valence electrons. The second kappa shape index (κ2) is 9.34. The lowest BCUT2D eigenvalue weighted by Crippen LogP contribution is -2.49. The molecular weight excluding hydrogens is 519 g/mol. The van der Waals surface area contributed by atoms with E-state index >= 15 is 0 Å². The highest BCUT2D eigenvalue weighted by molar-refractivity contribution is 7.92. The van der Waals surface area contributed by atoms with Crippen molar-refractivity contribution in [3.8, 4) is 5.75 Å². The number of amides is 1. The van der Waals surface area contributed by atoms with Gasteiger partial charge in [0.15, 0.2) is 30.9 Å². The fourth-order valence-corrected chi connectivity index (χ4v) is 5.53. The van der Waals surface area contributed by atoms with E-state index in [0.29, 0.717) is 18.2 Å². The minimum absolute atomic E-state index is 0.110. The Balaban J connectivity index is 1.82. The Morgan fingerprint density at radius 2 is 1.71 bits per heavy atom. The van der Waals surface area contributed by atoms with Crippen molar-refractivity contribution in [3.05, 3.63) is 30.0 Å². The second-order valence-corrected chi connectivity index (χ2v) is 13.0. The summed E-state index contributed by atoms with van der Waals surface area (Å²) in [5, 5.41) is 0.467. The summed E-state index contributed by atoms with van der Waals surface area (Å²) in [6.45, 7) is 1.69. The maximum atomic E-state index is 13.2. The third-order valence-corrected chi connectivity index (χ3v) is 9.01. The Hall–Kier alpha value is -2.39. The van der Waals surface area contributed by atoms with Crippen LogP contribution in [-0.4, -0.2) is 83.6 Å². The van der Waals surface area contributed by atoms with E-state index in [1.54, 1.807) is 4.90 Å². The lowest BCUT2D eigenvalue weighted by molar-refractivity contribution is -0.189. The molecule has 1 atom stereocenters. The zero-order valence-corrected chi connectivity index (χ0v) is 20.8. The number of aromatic nitrogens is 1. The van der Waals surface area contributed by atoms with Crippen LogP contribution in [0.2, 0.25) is 0 Å². The summed E-state index contributed by atoms with van der Waals surface area (Å²) in [5.41, 5.74) is -0.291. The second-order valence-electron chi connectivity index (χ2n) is 7.75. The summed E-state index contributed by atoms with van der Waals surface area (Å²) in [5.74, 6) is -1.05. The SMILES string of the molecule is CC(Oc1ccc(S(C)(=O)=O)cc1C(=O)N1CCN(c2ncc(S(C)(=O)=O)s2)CC1)C(F)(F)F. The van der Waals surface area contributed by atoms with Crippen LogP contribution < -0.4 is 9.64 Å². The molecule has 34 heavy (non-hydrogen) atoms. The molecule has 3 rings (SSSR count). The fourth-order valence-electron chi connectivity index (χ4n) is 3.11. The Morgan fingerprint density at radius 3 is 2.21 bits per heavy atom. The highest BCUT2D eigenvalue weighted by Crippen LogP contribution is 2.31. The van der Waals surface area contributed by atoms with Gasteiger partial charge in [0.2, 0.25) is 0 Å². The van der Waals surface area contributed by atoms with Crippen molar-refractivity contribution in [2.75, 3.05) is 43.6 Å². The highest BCUT2D eigenvalue weighted by Gasteiger charge is 2.39. The zero-order chi connectivity index (χ0) is 25.5. The summed E-state index contributed by atoms with van der Waals surface area (Å²) >= 11 is 0.999. The topological polar surface area (TPSA) is 114 Å². The predicted molar refractivity (Wildman–Crippen MR) is 119 cm³/mol. The largest absolute Gasteiger partial charge is 0.480 e. The average molecular weight is 542 g/mol. The molecule has 9 nitrogen and oxygen atoms in total. The molecule has 0 spiro atoms. The highest BCUT2D eigenvalue weighted by atomic mass is 32.2. The first-order valence-electron chi connectivity index (χ1n) is 9.85. The minimum atomic E-state index is -4.68. The molecule has 2 heterocycles. The number of rotatable bonds is 6. The van der Waals surface area contributed by atoms with E-state index < -0.39 is 37.9 Å². The number of ether oxygens (including phenoxy) is 1. The molecule has 1 amide bonds. The summed E-state index contributed by atoms with van der Waals surface area (Å²) in [4.78, 5) is 20.2. The summed E-state index contributed by atoms with van der Waals surface area (Å²) in [6, 6.07) is 3.15. The van der Waals surface area contributed by atoms with Gasteiger partial charge in [-0.3, -0.25) is 4.79 Å². The molecule has 1 unspecified atom stereocenters. The number of hydrogen-bond acceptors (Lipinski definition) is 9. The molecule has 2 aromatic rings. The van der Waals surface area contributed by atoms with Crippen LogP contribution in [0.1, 0.15) is 17.3 Å². The first-order chi connectivity index (χ1) is 15.6. The number of carbonyl (C=O) groups excluding carboxylic acids is 1. The maximum Gasteiger partial charge on any atom is 0.425 e. The van der Waals surface area contributed by atoms with Crippen LogP contribution in [0.4, 0.5) is 18.3 Å². The molecule has 0 bridgehead atoms. The van der Waals surface area contributed by atoms with E-state index in [1.807, 2.05) is 0 Å². The first-order valence-corrected chi connectivity index (χ1v) is 14.4. The number of sulfone groups is 2. The van der Waals surface area contributed by atoms with Gasteiger partial charge in [-0.05, 0) is 25.1 Å². The molecular formula is C19H22F3N3O6S3. The molecule has 1 saturated heterocycles. The van der Waals surface area contributed by atoms with Gasteiger partial charge in [-0.15, -0.1) is 0 Å². The van der Waals surface area contributed by atoms with E-state index in [4.69, 9.17) is 4.74 Å². The molecule has 15 heteroatoms. The lowest BCUT2D eigenvalue weighted by Gasteiger charge is -2.35. The normalized spacial score (nSPS) is 16.4. The Bertz CT molecular complexity index is 1280. The number of carbonyl (C=O) groups is 1. The van der Waals surface area contributed by atoms with Gasteiger partial charge in [0.05, 0.1) is 16.7 Å². The standard InChI is InChI=1S/C19H22F3N3O6S3/c1-12(19(20,21)22)31-15-5-4-13(33(2,27)28)10-14(15)17(26)24-6-8-25(9-7-24)18-23-11-16(32-18)34(3,29)30/h4-5,10-12H,6-9H2,1-3H3. The third kappa shape index (κ3) is 5.99. The molecule has 0 radical (unpaired) electrons. The van der Waals surface area contributed by atoms with E-state index in [-0.39, 0.29) is 33.5 Å². The first kappa shape index (κ1) is 26.2. The molecule has 1 fully saturated rings. The van der Waals surface area contributed by atoms with Crippen molar-refractivity contribution in [2.24, 2.45) is 0 Å². The van der Waals surface area contributed by atoms with Crippen LogP contribution in [0.5, 0.6) is 5.75 Å². The number of alkyl halides is 3. The number of piperazine rings is 1. The number of halogens is 3. The Morgan fingerprint density at radius 1 is 1.09 bits per heavy atom. The fraction of sp³-hybridized carbons (Fsp3) is 0.474. The van der Waals surface area contributed by atoms with Gasteiger partial charge in [0.25, 0.3) is 5.91 Å². The van der Waals surface area contributed by atoms with Gasteiger partial charge in [0, 0.05) is 38.7 Å². The molecule has 1 aliphatic heterocycles. The zero-order valence-electron chi connectivity index (χ0n) is 18.4. The molecule has 0 N–H and O–H groups in total. The number of anilines is 1. The average Bonchev–Trinajstić information content (AvgIpc) is 3.23. The number of thiazole rings is 1. The van der Waals surface area contributed by atoms with Crippen LogP contribution in [0.25, 0.3) is 0 Å². The number of hydrogen-bond donors (Lipinski definition) is 0. The summed E-state index contributed by atoms with van der Waals surface area (Å²) < 4.78 is 91.3. The van der Waals surface area contributed by atoms with Crippen molar-refractivity contribution < 1.29 is 39.5 Å². The van der Waals surface area contributed by atoms with Crippen molar-refractivity contribution in [3.63, 3.8) is 0 Å². The molecule has 1 aliphatic rings. The summed E-state index contributed by atoms with van der Waals surface area (Å²) in [6.07, 6.45) is -3.64. The summed E-state index contributed by atoms with van der Waals surface area (Å²) in [7, 11) is -7.13. The van der Waals surface area contributed by atoms with E-state index in [0.717, 1.165) is 49.0 Å². The third-order valence-electron chi connectivity index (χ3n) is 5.05. The Labute approximate surface area is 199 Å². The van der Waals surface area contributed by atoms with Gasteiger partial charge >= 0.3 is 6.18 Å². The molecule has 1 aromatic heterocycles. The van der Waals surface area contributed by atoms with E-state index in [1.165, 1.54) is 11.1 Å². The van der Waals surface area contributed by atoms with Crippen molar-refractivity contribution >= 4 is 42.1 Å². The lowest BCUT2D eigenvalue weighted by atomic mass is 10.1. The number of benzene rings is 1. The van der Waals surface area contributed by atoms with Crippen molar-refractivity contribution in [2.45, 2.75) is 28.3 Å². The van der Waals surface area contributed by atoms with Gasteiger partial charge in [-0.25, -0.2) is 21.8 Å². The Kier molecular flexibility index (Phi) is 7.20. The maximum absolute atomic E-state index is 13.2. The monoisotopic (exact) mass is 541 g/mol. The van der Waals surface area contributed by atoms with Crippen LogP contribution in [-0.2, 0) is 19.7 Å². The van der Waals surface area contributed by atoms with E-state index in [2.05, 4.69) is 4.98 Å². The smallest absolute Gasteiger partial charge is 0.425 e. The van der Waals surface area contributed by atoms with Crippen LogP contribution in [0, 0.1) is 0 Å². The van der Waals surface area contributed by atoms with Gasteiger partial charge in [0.1, 0.15) is 9.96 Å². The van der Waals surface area contributed by atoms with Crippen LogP contribution in [0.3, 0.4) is 0 Å². The molecule has 1 aromatic carbocycles. The van der Waals surface area contributed by atoms with Crippen LogP contribution in [0.15, 0.2) is 33.5 Å².